The number of rotatable bonds is 5. The third kappa shape index (κ3) is 4.27. The van der Waals surface area contributed by atoms with Crippen molar-refractivity contribution in [3.05, 3.63) is 47.0 Å². The van der Waals surface area contributed by atoms with E-state index in [4.69, 9.17) is 10.00 Å². The third-order valence-corrected chi connectivity index (χ3v) is 4.35. The van der Waals surface area contributed by atoms with Crippen molar-refractivity contribution >= 4 is 35.1 Å². The smallest absolute Gasteiger partial charge is 0.378 e. The van der Waals surface area contributed by atoms with E-state index in [1.165, 1.54) is 4.52 Å². The minimum absolute atomic E-state index is 0.164. The summed E-state index contributed by atoms with van der Waals surface area (Å²) in [5.74, 6) is -1.18. The summed E-state index contributed by atoms with van der Waals surface area (Å²) in [4.78, 5) is 33.3. The number of carbonyl (C=O) groups is 2. The summed E-state index contributed by atoms with van der Waals surface area (Å²) in [7, 11) is 0. The number of anilines is 1. The lowest BCUT2D eigenvalue weighted by atomic mass is 10.2. The largest absolute Gasteiger partial charge is 0.450 e. The number of aryl methyl sites for hydroxylation is 3. The van der Waals surface area contributed by atoms with Crippen molar-refractivity contribution in [2.75, 3.05) is 11.9 Å². The van der Waals surface area contributed by atoms with Gasteiger partial charge in [0.15, 0.2) is 6.61 Å². The van der Waals surface area contributed by atoms with Crippen molar-refractivity contribution in [3.8, 4) is 5.40 Å². The molecule has 0 unspecified atom stereocenters. The summed E-state index contributed by atoms with van der Waals surface area (Å²) in [5, 5.41) is 17.4. The summed E-state index contributed by atoms with van der Waals surface area (Å²) in [6.45, 7) is 4.97. The first-order chi connectivity index (χ1) is 13.4. The van der Waals surface area contributed by atoms with Crippen LogP contribution in [-0.4, -0.2) is 38.1 Å². The quantitative estimate of drug-likeness (QED) is 0.396. The van der Waals surface area contributed by atoms with Gasteiger partial charge in [0.05, 0.1) is 0 Å². The summed E-state index contributed by atoms with van der Waals surface area (Å²) in [6.07, 6.45) is 0. The minimum atomic E-state index is -0.810. The number of nitriles is 1. The summed E-state index contributed by atoms with van der Waals surface area (Å²) in [6, 6.07) is 7.01. The SMILES string of the molecule is Cc1cc(C)n2nc(C(=O)OCC(=O)Nc3ccc(SC#N)cc3C)nc2n1. The number of carbonyl (C=O) groups excluding carboxylic acids is 2. The number of aromatic nitrogens is 4. The molecule has 0 saturated heterocycles. The molecule has 2 heterocycles. The lowest BCUT2D eigenvalue weighted by Gasteiger charge is -2.09. The molecule has 0 saturated carbocycles. The van der Waals surface area contributed by atoms with Crippen molar-refractivity contribution in [1.29, 1.82) is 5.26 Å². The number of thioether (sulfide) groups is 1. The van der Waals surface area contributed by atoms with Crippen LogP contribution >= 0.6 is 11.8 Å². The predicted octanol–water partition coefficient (Wildman–Crippen LogP) is 2.42. The molecule has 1 aromatic carbocycles. The molecule has 1 N–H and O–H groups in total. The van der Waals surface area contributed by atoms with Gasteiger partial charge in [-0.05, 0) is 62.4 Å². The Morgan fingerprint density at radius 1 is 1.25 bits per heavy atom. The molecule has 0 fully saturated rings. The monoisotopic (exact) mass is 396 g/mol. The predicted molar refractivity (Wildman–Crippen MR) is 102 cm³/mol. The van der Waals surface area contributed by atoms with E-state index in [1.54, 1.807) is 25.1 Å². The standard InChI is InChI=1S/C18H16N6O3S/c1-10-6-13(28-9-19)4-5-14(10)21-15(25)8-27-17(26)16-22-18-20-11(2)7-12(3)24(18)23-16/h4-7H,8H2,1-3H3,(H,21,25). The van der Waals surface area contributed by atoms with Gasteiger partial charge in [-0.3, -0.25) is 4.79 Å². The van der Waals surface area contributed by atoms with Gasteiger partial charge >= 0.3 is 5.97 Å². The first-order valence-electron chi connectivity index (χ1n) is 8.22. The Labute approximate surface area is 164 Å². The lowest BCUT2D eigenvalue weighted by molar-refractivity contribution is -0.119. The normalized spacial score (nSPS) is 10.5. The van der Waals surface area contributed by atoms with Crippen molar-refractivity contribution < 1.29 is 14.3 Å². The van der Waals surface area contributed by atoms with Crippen molar-refractivity contribution in [1.82, 2.24) is 19.6 Å². The Morgan fingerprint density at radius 2 is 2.04 bits per heavy atom. The number of ether oxygens (including phenoxy) is 1. The molecule has 3 rings (SSSR count). The molecule has 10 heteroatoms. The fraction of sp³-hybridized carbons (Fsp3) is 0.222. The van der Waals surface area contributed by atoms with Gasteiger partial charge in [0, 0.05) is 22.0 Å². The van der Waals surface area contributed by atoms with E-state index in [1.807, 2.05) is 25.3 Å². The van der Waals surface area contributed by atoms with Crippen LogP contribution in [0.2, 0.25) is 0 Å². The molecule has 3 aromatic rings. The van der Waals surface area contributed by atoms with Crippen LogP contribution in [0.3, 0.4) is 0 Å². The van der Waals surface area contributed by atoms with Gasteiger partial charge in [0.2, 0.25) is 0 Å². The van der Waals surface area contributed by atoms with Crippen molar-refractivity contribution in [2.24, 2.45) is 0 Å². The molecule has 0 spiro atoms. The van der Waals surface area contributed by atoms with Gasteiger partial charge in [-0.1, -0.05) is 0 Å². The fourth-order valence-electron chi connectivity index (χ4n) is 2.53. The topological polar surface area (TPSA) is 122 Å². The van der Waals surface area contributed by atoms with E-state index < -0.39 is 18.5 Å². The maximum atomic E-state index is 12.1. The zero-order chi connectivity index (χ0) is 20.3. The Kier molecular flexibility index (Phi) is 5.56. The number of hydrogen-bond donors (Lipinski definition) is 1. The second-order valence-electron chi connectivity index (χ2n) is 5.98. The van der Waals surface area contributed by atoms with Gasteiger partial charge < -0.3 is 10.1 Å². The number of fused-ring (bicyclic) bond motifs is 1. The summed E-state index contributed by atoms with van der Waals surface area (Å²) < 4.78 is 6.44. The number of hydrogen-bond acceptors (Lipinski definition) is 8. The van der Waals surface area contributed by atoms with Crippen LogP contribution in [0.25, 0.3) is 5.78 Å². The molecule has 0 radical (unpaired) electrons. The second kappa shape index (κ2) is 8.06. The zero-order valence-electron chi connectivity index (χ0n) is 15.4. The molecule has 142 valence electrons. The number of nitrogens with zero attached hydrogens (tertiary/aromatic N) is 5. The third-order valence-electron chi connectivity index (χ3n) is 3.77. The Balaban J connectivity index is 1.62. The highest BCUT2D eigenvalue weighted by molar-refractivity contribution is 8.03. The molecular formula is C18H16N6O3S. The molecule has 2 aromatic heterocycles. The van der Waals surface area contributed by atoms with Crippen LogP contribution < -0.4 is 5.32 Å². The molecular weight excluding hydrogens is 380 g/mol. The summed E-state index contributed by atoms with van der Waals surface area (Å²) in [5.41, 5.74) is 2.90. The molecule has 0 aliphatic heterocycles. The second-order valence-corrected chi connectivity index (χ2v) is 6.84. The van der Waals surface area contributed by atoms with Gasteiger partial charge in [0.25, 0.3) is 17.5 Å². The number of esters is 1. The lowest BCUT2D eigenvalue weighted by Crippen LogP contribution is -2.21. The van der Waals surface area contributed by atoms with Crippen LogP contribution in [-0.2, 0) is 9.53 Å². The molecule has 9 nitrogen and oxygen atoms in total. The van der Waals surface area contributed by atoms with E-state index in [-0.39, 0.29) is 5.82 Å². The van der Waals surface area contributed by atoms with E-state index in [9.17, 15) is 9.59 Å². The average Bonchev–Trinajstić information content (AvgIpc) is 3.07. The minimum Gasteiger partial charge on any atom is -0.450 e. The maximum Gasteiger partial charge on any atom is 0.378 e. The van der Waals surface area contributed by atoms with Crippen LogP contribution in [0, 0.1) is 31.4 Å². The first kappa shape index (κ1) is 19.3. The summed E-state index contributed by atoms with van der Waals surface area (Å²) >= 11 is 1.03. The molecule has 1 amide bonds. The van der Waals surface area contributed by atoms with Crippen LogP contribution in [0.15, 0.2) is 29.2 Å². The molecule has 28 heavy (non-hydrogen) atoms. The van der Waals surface area contributed by atoms with E-state index in [2.05, 4.69) is 20.4 Å². The van der Waals surface area contributed by atoms with Gasteiger partial charge in [-0.25, -0.2) is 14.3 Å². The maximum absolute atomic E-state index is 12.1. The van der Waals surface area contributed by atoms with Gasteiger partial charge in [-0.15, -0.1) is 5.10 Å². The number of nitrogens with one attached hydrogen (secondary N) is 1. The average molecular weight is 396 g/mol. The van der Waals surface area contributed by atoms with Crippen LogP contribution in [0.5, 0.6) is 0 Å². The number of benzene rings is 1. The Morgan fingerprint density at radius 3 is 2.75 bits per heavy atom. The molecule has 0 bridgehead atoms. The molecule has 0 atom stereocenters. The Hall–Kier alpha value is -3.45. The van der Waals surface area contributed by atoms with Crippen LogP contribution in [0.1, 0.15) is 27.6 Å². The highest BCUT2D eigenvalue weighted by Gasteiger charge is 2.18. The van der Waals surface area contributed by atoms with Crippen molar-refractivity contribution in [2.45, 2.75) is 25.7 Å². The van der Waals surface area contributed by atoms with E-state index in [0.29, 0.717) is 11.5 Å². The molecule has 0 aliphatic carbocycles. The Bertz CT molecular complexity index is 1120. The van der Waals surface area contributed by atoms with Crippen LogP contribution in [0.4, 0.5) is 5.69 Å². The van der Waals surface area contributed by atoms with E-state index in [0.717, 1.165) is 33.6 Å². The van der Waals surface area contributed by atoms with Gasteiger partial charge in [-0.2, -0.15) is 10.2 Å². The first-order valence-corrected chi connectivity index (χ1v) is 9.03. The van der Waals surface area contributed by atoms with Crippen molar-refractivity contribution in [3.63, 3.8) is 0 Å². The fourth-order valence-corrected chi connectivity index (χ4v) is 3.00. The number of amides is 1. The highest BCUT2D eigenvalue weighted by atomic mass is 32.2. The zero-order valence-corrected chi connectivity index (χ0v) is 16.2. The van der Waals surface area contributed by atoms with E-state index >= 15 is 0 Å². The molecule has 0 aliphatic rings. The highest BCUT2D eigenvalue weighted by Crippen LogP contribution is 2.23. The number of thiocyanates is 1. The van der Waals surface area contributed by atoms with Gasteiger partial charge in [0.1, 0.15) is 5.40 Å².